The molecule has 1 aliphatic rings. The topological polar surface area (TPSA) is 38.5 Å². The molecule has 0 radical (unpaired) electrons. The normalized spacial score (nSPS) is 23.5. The molecule has 3 rings (SSSR count). The molecular formula is C12H18N4S. The van der Waals surface area contributed by atoms with Crippen LogP contribution in [0.3, 0.4) is 0 Å². The summed E-state index contributed by atoms with van der Waals surface area (Å²) in [6.07, 6.45) is 1.33. The van der Waals surface area contributed by atoms with E-state index in [-0.39, 0.29) is 0 Å². The van der Waals surface area contributed by atoms with Gasteiger partial charge in [0, 0.05) is 13.1 Å². The number of aryl methyl sites for hydroxylation is 2. The average molecular weight is 250 g/mol. The number of rotatable bonds is 3. The summed E-state index contributed by atoms with van der Waals surface area (Å²) >= 11 is 5.42. The van der Waals surface area contributed by atoms with Crippen molar-refractivity contribution in [3.05, 3.63) is 10.5 Å². The SMILES string of the molecule is CCn1nc(C)c2[nH]c(=S)n(CC3CC3C)c21. The van der Waals surface area contributed by atoms with Gasteiger partial charge in [-0.25, -0.2) is 4.68 Å². The molecule has 2 unspecified atom stereocenters. The number of nitrogens with one attached hydrogen (secondary N) is 1. The fraction of sp³-hybridized carbons (Fsp3) is 0.667. The van der Waals surface area contributed by atoms with E-state index in [9.17, 15) is 0 Å². The van der Waals surface area contributed by atoms with Gasteiger partial charge in [-0.05, 0) is 44.3 Å². The van der Waals surface area contributed by atoms with Crippen molar-refractivity contribution < 1.29 is 0 Å². The fourth-order valence-electron chi connectivity index (χ4n) is 2.54. The lowest BCUT2D eigenvalue weighted by Crippen LogP contribution is -2.07. The lowest BCUT2D eigenvalue weighted by atomic mass is 10.3. The van der Waals surface area contributed by atoms with Gasteiger partial charge in [-0.15, -0.1) is 0 Å². The molecule has 0 amide bonds. The molecule has 0 saturated heterocycles. The minimum atomic E-state index is 0.793. The van der Waals surface area contributed by atoms with E-state index in [0.717, 1.165) is 46.6 Å². The first-order valence-corrected chi connectivity index (χ1v) is 6.68. The summed E-state index contributed by atoms with van der Waals surface area (Å²) in [7, 11) is 0. The number of hydrogen-bond donors (Lipinski definition) is 1. The third-order valence-electron chi connectivity index (χ3n) is 3.83. The van der Waals surface area contributed by atoms with E-state index in [4.69, 9.17) is 12.2 Å². The van der Waals surface area contributed by atoms with Gasteiger partial charge in [-0.1, -0.05) is 6.92 Å². The van der Waals surface area contributed by atoms with Crippen molar-refractivity contribution in [2.45, 2.75) is 40.3 Å². The summed E-state index contributed by atoms with van der Waals surface area (Å²) < 4.78 is 5.11. The first-order chi connectivity index (χ1) is 8.11. The van der Waals surface area contributed by atoms with Crippen molar-refractivity contribution >= 4 is 23.4 Å². The number of nitrogens with zero attached hydrogens (tertiary/aromatic N) is 3. The van der Waals surface area contributed by atoms with Crippen molar-refractivity contribution in [1.29, 1.82) is 0 Å². The van der Waals surface area contributed by atoms with Gasteiger partial charge in [-0.3, -0.25) is 0 Å². The number of aromatic nitrogens is 4. The molecule has 0 bridgehead atoms. The van der Waals surface area contributed by atoms with Crippen molar-refractivity contribution in [2.24, 2.45) is 11.8 Å². The van der Waals surface area contributed by atoms with Crippen LogP contribution in [0.5, 0.6) is 0 Å². The zero-order chi connectivity index (χ0) is 12.2. The van der Waals surface area contributed by atoms with E-state index in [0.29, 0.717) is 0 Å². The molecule has 1 N–H and O–H groups in total. The number of hydrogen-bond acceptors (Lipinski definition) is 2. The molecule has 4 nitrogen and oxygen atoms in total. The maximum absolute atomic E-state index is 5.42. The van der Waals surface area contributed by atoms with E-state index >= 15 is 0 Å². The Morgan fingerprint density at radius 1 is 1.53 bits per heavy atom. The van der Waals surface area contributed by atoms with E-state index in [2.05, 4.69) is 28.5 Å². The van der Waals surface area contributed by atoms with Gasteiger partial charge in [0.15, 0.2) is 10.4 Å². The maximum Gasteiger partial charge on any atom is 0.179 e. The van der Waals surface area contributed by atoms with Gasteiger partial charge in [0.2, 0.25) is 0 Å². The highest BCUT2D eigenvalue weighted by Crippen LogP contribution is 2.39. The molecule has 0 spiro atoms. The third kappa shape index (κ3) is 1.64. The van der Waals surface area contributed by atoms with Gasteiger partial charge in [0.25, 0.3) is 0 Å². The molecule has 1 aliphatic carbocycles. The van der Waals surface area contributed by atoms with E-state index in [1.54, 1.807) is 0 Å². The Balaban J connectivity index is 2.14. The lowest BCUT2D eigenvalue weighted by molar-refractivity contribution is 0.572. The molecule has 92 valence electrons. The van der Waals surface area contributed by atoms with Crippen LogP contribution in [0.4, 0.5) is 0 Å². The van der Waals surface area contributed by atoms with Crippen molar-refractivity contribution in [3.8, 4) is 0 Å². The lowest BCUT2D eigenvalue weighted by Gasteiger charge is -2.05. The zero-order valence-corrected chi connectivity index (χ0v) is 11.3. The highest BCUT2D eigenvalue weighted by molar-refractivity contribution is 7.71. The number of imidazole rings is 1. The van der Waals surface area contributed by atoms with E-state index in [1.165, 1.54) is 6.42 Å². The second kappa shape index (κ2) is 3.70. The fourth-order valence-corrected chi connectivity index (χ4v) is 2.80. The second-order valence-electron chi connectivity index (χ2n) is 5.11. The van der Waals surface area contributed by atoms with Crippen LogP contribution in [-0.4, -0.2) is 19.3 Å². The molecule has 17 heavy (non-hydrogen) atoms. The molecular weight excluding hydrogens is 232 g/mol. The van der Waals surface area contributed by atoms with E-state index in [1.807, 2.05) is 11.6 Å². The predicted molar refractivity (Wildman–Crippen MR) is 70.6 cm³/mol. The third-order valence-corrected chi connectivity index (χ3v) is 4.15. The summed E-state index contributed by atoms with van der Waals surface area (Å²) in [6, 6.07) is 0. The monoisotopic (exact) mass is 250 g/mol. The molecule has 5 heteroatoms. The Kier molecular flexibility index (Phi) is 2.40. The largest absolute Gasteiger partial charge is 0.328 e. The Labute approximate surface area is 106 Å². The van der Waals surface area contributed by atoms with Crippen molar-refractivity contribution in [1.82, 2.24) is 19.3 Å². The molecule has 2 atom stereocenters. The standard InChI is InChI=1S/C12H18N4S/c1-4-16-11-10(8(3)14-16)13-12(17)15(11)6-9-5-7(9)2/h7,9H,4-6H2,1-3H3,(H,13,17). The summed E-state index contributed by atoms with van der Waals surface area (Å²) in [4.78, 5) is 3.29. The van der Waals surface area contributed by atoms with E-state index < -0.39 is 0 Å². The Hall–Kier alpha value is -1.10. The van der Waals surface area contributed by atoms with Crippen LogP contribution >= 0.6 is 12.2 Å². The number of aromatic amines is 1. The molecule has 1 saturated carbocycles. The van der Waals surface area contributed by atoms with Gasteiger partial charge in [0.1, 0.15) is 5.52 Å². The predicted octanol–water partition coefficient (Wildman–Crippen LogP) is 2.88. The highest BCUT2D eigenvalue weighted by Gasteiger charge is 2.33. The van der Waals surface area contributed by atoms with Crippen LogP contribution in [0.25, 0.3) is 11.2 Å². The first-order valence-electron chi connectivity index (χ1n) is 6.27. The second-order valence-corrected chi connectivity index (χ2v) is 5.50. The summed E-state index contributed by atoms with van der Waals surface area (Å²) in [5, 5.41) is 4.54. The zero-order valence-electron chi connectivity index (χ0n) is 10.5. The smallest absolute Gasteiger partial charge is 0.179 e. The van der Waals surface area contributed by atoms with Gasteiger partial charge in [-0.2, -0.15) is 5.10 Å². The summed E-state index contributed by atoms with van der Waals surface area (Å²) in [6.45, 7) is 8.37. The van der Waals surface area contributed by atoms with Gasteiger partial charge < -0.3 is 9.55 Å². The molecule has 2 aromatic heterocycles. The highest BCUT2D eigenvalue weighted by atomic mass is 32.1. The first kappa shape index (κ1) is 11.0. The van der Waals surface area contributed by atoms with Gasteiger partial charge in [0.05, 0.1) is 5.69 Å². The van der Waals surface area contributed by atoms with Gasteiger partial charge >= 0.3 is 0 Å². The van der Waals surface area contributed by atoms with Crippen molar-refractivity contribution in [3.63, 3.8) is 0 Å². The molecule has 0 aliphatic heterocycles. The number of fused-ring (bicyclic) bond motifs is 1. The molecule has 1 fully saturated rings. The van der Waals surface area contributed by atoms with Crippen LogP contribution in [0, 0.1) is 23.5 Å². The minimum Gasteiger partial charge on any atom is -0.328 e. The summed E-state index contributed by atoms with van der Waals surface area (Å²) in [5.74, 6) is 1.64. The van der Waals surface area contributed by atoms with Crippen molar-refractivity contribution in [2.75, 3.05) is 0 Å². The Morgan fingerprint density at radius 2 is 2.24 bits per heavy atom. The quantitative estimate of drug-likeness (QED) is 0.851. The number of H-pyrrole nitrogens is 1. The minimum absolute atomic E-state index is 0.793. The Morgan fingerprint density at radius 3 is 2.82 bits per heavy atom. The van der Waals surface area contributed by atoms with Crippen LogP contribution in [0.2, 0.25) is 0 Å². The average Bonchev–Trinajstić information content (AvgIpc) is 2.75. The molecule has 2 heterocycles. The molecule has 0 aromatic carbocycles. The van der Waals surface area contributed by atoms with Crippen LogP contribution in [-0.2, 0) is 13.1 Å². The van der Waals surface area contributed by atoms with Crippen LogP contribution in [0.15, 0.2) is 0 Å². The van der Waals surface area contributed by atoms with Crippen LogP contribution < -0.4 is 0 Å². The molecule has 2 aromatic rings. The maximum atomic E-state index is 5.42. The summed E-state index contributed by atoms with van der Waals surface area (Å²) in [5.41, 5.74) is 3.30. The van der Waals surface area contributed by atoms with Crippen LogP contribution in [0.1, 0.15) is 26.0 Å². The Bertz CT molecular complexity index is 618.